The Morgan fingerprint density at radius 1 is 1.20 bits per heavy atom. The standard InChI is InChI=1S/C18H20N2O4.ClH/c1-2-3-8-22-13-6-4-12(5-7-13)18(21)20-15-10-17-16(9-14(15)19)23-11-24-17;/h4-7,9-10H,2-3,8,11,19H2,1H3,(H,20,21);1H. The molecule has 0 spiro atoms. The van der Waals surface area contributed by atoms with Gasteiger partial charge >= 0.3 is 0 Å². The molecule has 2 aromatic rings. The van der Waals surface area contributed by atoms with E-state index in [1.54, 1.807) is 36.4 Å². The van der Waals surface area contributed by atoms with E-state index in [1.165, 1.54) is 0 Å². The van der Waals surface area contributed by atoms with Gasteiger partial charge in [-0.25, -0.2) is 0 Å². The number of benzene rings is 2. The first-order valence-corrected chi connectivity index (χ1v) is 7.90. The van der Waals surface area contributed by atoms with Crippen LogP contribution in [0.5, 0.6) is 17.2 Å². The zero-order valence-electron chi connectivity index (χ0n) is 13.9. The van der Waals surface area contributed by atoms with E-state index in [4.69, 9.17) is 19.9 Å². The number of carbonyl (C=O) groups excluding carboxylic acids is 1. The number of ether oxygens (including phenoxy) is 3. The Labute approximate surface area is 152 Å². The summed E-state index contributed by atoms with van der Waals surface area (Å²) in [5.74, 6) is 1.65. The van der Waals surface area contributed by atoms with Crippen molar-refractivity contribution in [3.05, 3.63) is 42.0 Å². The largest absolute Gasteiger partial charge is 0.494 e. The van der Waals surface area contributed by atoms with Crippen LogP contribution in [0.3, 0.4) is 0 Å². The minimum atomic E-state index is -0.249. The molecule has 0 bridgehead atoms. The zero-order valence-corrected chi connectivity index (χ0v) is 14.7. The van der Waals surface area contributed by atoms with Gasteiger partial charge in [-0.3, -0.25) is 4.79 Å². The zero-order chi connectivity index (χ0) is 16.9. The highest BCUT2D eigenvalue weighted by Crippen LogP contribution is 2.38. The van der Waals surface area contributed by atoms with E-state index in [-0.39, 0.29) is 25.1 Å². The van der Waals surface area contributed by atoms with Gasteiger partial charge in [0.1, 0.15) is 5.75 Å². The van der Waals surface area contributed by atoms with Gasteiger partial charge in [-0.15, -0.1) is 12.4 Å². The van der Waals surface area contributed by atoms with Crippen LogP contribution >= 0.6 is 12.4 Å². The van der Waals surface area contributed by atoms with Gasteiger partial charge in [-0.2, -0.15) is 0 Å². The summed E-state index contributed by atoms with van der Waals surface area (Å²) in [7, 11) is 0. The molecule has 0 saturated heterocycles. The van der Waals surface area contributed by atoms with Crippen LogP contribution in [0.25, 0.3) is 0 Å². The van der Waals surface area contributed by atoms with Crippen LogP contribution in [0.2, 0.25) is 0 Å². The minimum absolute atomic E-state index is 0. The predicted octanol–water partition coefficient (Wildman–Crippen LogP) is 3.85. The molecule has 1 aliphatic heterocycles. The maximum Gasteiger partial charge on any atom is 0.255 e. The van der Waals surface area contributed by atoms with Crippen molar-refractivity contribution >= 4 is 29.7 Å². The number of fused-ring (bicyclic) bond motifs is 1. The van der Waals surface area contributed by atoms with Gasteiger partial charge in [-0.1, -0.05) is 13.3 Å². The molecular formula is C18H21ClN2O4. The Bertz CT molecular complexity index is 735. The van der Waals surface area contributed by atoms with Crippen molar-refractivity contribution in [2.45, 2.75) is 19.8 Å². The van der Waals surface area contributed by atoms with Gasteiger partial charge in [0.2, 0.25) is 6.79 Å². The van der Waals surface area contributed by atoms with Crippen molar-refractivity contribution in [1.29, 1.82) is 0 Å². The normalized spacial score (nSPS) is 11.6. The van der Waals surface area contributed by atoms with Gasteiger partial charge in [0.15, 0.2) is 11.5 Å². The summed E-state index contributed by atoms with van der Waals surface area (Å²) in [4.78, 5) is 12.4. The van der Waals surface area contributed by atoms with E-state index >= 15 is 0 Å². The average molecular weight is 365 g/mol. The van der Waals surface area contributed by atoms with Gasteiger partial charge in [-0.05, 0) is 30.7 Å². The lowest BCUT2D eigenvalue weighted by Crippen LogP contribution is -2.13. The van der Waals surface area contributed by atoms with Crippen molar-refractivity contribution in [3.8, 4) is 17.2 Å². The monoisotopic (exact) mass is 364 g/mol. The number of rotatable bonds is 6. The number of nitrogens with two attached hydrogens (primary N) is 1. The maximum absolute atomic E-state index is 12.4. The second-order valence-electron chi connectivity index (χ2n) is 5.47. The first kappa shape index (κ1) is 18.7. The smallest absolute Gasteiger partial charge is 0.255 e. The Balaban J connectivity index is 0.00000225. The summed E-state index contributed by atoms with van der Waals surface area (Å²) < 4.78 is 16.1. The van der Waals surface area contributed by atoms with Crippen LogP contribution < -0.4 is 25.3 Å². The highest BCUT2D eigenvalue weighted by molar-refractivity contribution is 6.06. The van der Waals surface area contributed by atoms with Crippen molar-refractivity contribution in [2.24, 2.45) is 0 Å². The van der Waals surface area contributed by atoms with Crippen molar-refractivity contribution in [2.75, 3.05) is 24.5 Å². The molecule has 25 heavy (non-hydrogen) atoms. The van der Waals surface area contributed by atoms with Crippen LogP contribution in [-0.2, 0) is 0 Å². The average Bonchev–Trinajstić information content (AvgIpc) is 3.03. The third-order valence-corrected chi connectivity index (χ3v) is 3.68. The quantitative estimate of drug-likeness (QED) is 0.601. The number of amides is 1. The van der Waals surface area contributed by atoms with Crippen LogP contribution in [0, 0.1) is 0 Å². The molecule has 6 nitrogen and oxygen atoms in total. The molecule has 0 saturated carbocycles. The van der Waals surface area contributed by atoms with E-state index in [0.29, 0.717) is 35.0 Å². The van der Waals surface area contributed by atoms with Crippen molar-refractivity contribution in [1.82, 2.24) is 0 Å². The predicted molar refractivity (Wildman–Crippen MR) is 99.0 cm³/mol. The van der Waals surface area contributed by atoms with E-state index in [0.717, 1.165) is 18.6 Å². The van der Waals surface area contributed by atoms with Gasteiger partial charge in [0.05, 0.1) is 18.0 Å². The first-order valence-electron chi connectivity index (χ1n) is 7.90. The summed E-state index contributed by atoms with van der Waals surface area (Å²) in [5.41, 5.74) is 7.38. The number of unbranched alkanes of at least 4 members (excludes halogenated alkanes) is 1. The highest BCUT2D eigenvalue weighted by Gasteiger charge is 2.17. The lowest BCUT2D eigenvalue weighted by molar-refractivity contribution is 0.102. The third-order valence-electron chi connectivity index (χ3n) is 3.68. The summed E-state index contributed by atoms with van der Waals surface area (Å²) in [6.07, 6.45) is 2.09. The van der Waals surface area contributed by atoms with Crippen LogP contribution in [0.4, 0.5) is 11.4 Å². The number of nitrogen functional groups attached to an aromatic ring is 1. The molecule has 7 heteroatoms. The fourth-order valence-electron chi connectivity index (χ4n) is 2.30. The summed E-state index contributed by atoms with van der Waals surface area (Å²) in [6.45, 7) is 2.94. The van der Waals surface area contributed by atoms with Gasteiger partial charge < -0.3 is 25.3 Å². The van der Waals surface area contributed by atoms with Gasteiger partial charge in [0.25, 0.3) is 5.91 Å². The second-order valence-corrected chi connectivity index (χ2v) is 5.47. The Morgan fingerprint density at radius 3 is 2.56 bits per heavy atom. The Morgan fingerprint density at radius 2 is 1.88 bits per heavy atom. The Hall–Kier alpha value is -2.60. The molecule has 134 valence electrons. The van der Waals surface area contributed by atoms with E-state index in [9.17, 15) is 4.79 Å². The fraction of sp³-hybridized carbons (Fsp3) is 0.278. The second kappa shape index (κ2) is 8.48. The maximum atomic E-state index is 12.4. The van der Waals surface area contributed by atoms with E-state index in [1.807, 2.05) is 0 Å². The number of halogens is 1. The number of anilines is 2. The first-order chi connectivity index (χ1) is 11.7. The summed E-state index contributed by atoms with van der Waals surface area (Å²) >= 11 is 0. The molecule has 0 unspecified atom stereocenters. The number of hydrogen-bond acceptors (Lipinski definition) is 5. The summed E-state index contributed by atoms with van der Waals surface area (Å²) in [5, 5.41) is 2.79. The van der Waals surface area contributed by atoms with Crippen LogP contribution in [0.1, 0.15) is 30.1 Å². The third kappa shape index (κ3) is 4.48. The molecule has 0 fully saturated rings. The molecule has 1 heterocycles. The van der Waals surface area contributed by atoms with E-state index in [2.05, 4.69) is 12.2 Å². The Kier molecular flexibility index (Phi) is 6.36. The van der Waals surface area contributed by atoms with Crippen molar-refractivity contribution in [3.63, 3.8) is 0 Å². The fourth-order valence-corrected chi connectivity index (χ4v) is 2.30. The lowest BCUT2D eigenvalue weighted by Gasteiger charge is -2.10. The molecule has 1 amide bonds. The minimum Gasteiger partial charge on any atom is -0.494 e. The number of hydrogen-bond donors (Lipinski definition) is 2. The topological polar surface area (TPSA) is 82.8 Å². The molecule has 2 aromatic carbocycles. The van der Waals surface area contributed by atoms with Crippen molar-refractivity contribution < 1.29 is 19.0 Å². The molecule has 3 rings (SSSR count). The van der Waals surface area contributed by atoms with E-state index < -0.39 is 0 Å². The molecule has 0 atom stereocenters. The highest BCUT2D eigenvalue weighted by atomic mass is 35.5. The molecule has 0 aliphatic carbocycles. The molecule has 0 radical (unpaired) electrons. The lowest BCUT2D eigenvalue weighted by atomic mass is 10.2. The molecule has 0 aromatic heterocycles. The number of nitrogens with one attached hydrogen (secondary N) is 1. The number of carbonyl (C=O) groups is 1. The van der Waals surface area contributed by atoms with Crippen LogP contribution in [-0.4, -0.2) is 19.3 Å². The molecule has 3 N–H and O–H groups in total. The molecule has 1 aliphatic rings. The van der Waals surface area contributed by atoms with Crippen LogP contribution in [0.15, 0.2) is 36.4 Å². The SMILES string of the molecule is CCCCOc1ccc(C(=O)Nc2cc3c(cc2N)OCO3)cc1.Cl. The summed E-state index contributed by atoms with van der Waals surface area (Å²) in [6, 6.07) is 10.3. The van der Waals surface area contributed by atoms with Gasteiger partial charge in [0, 0.05) is 17.7 Å². The molecular weight excluding hydrogens is 344 g/mol.